The van der Waals surface area contributed by atoms with E-state index in [0.29, 0.717) is 12.2 Å². The third-order valence-corrected chi connectivity index (χ3v) is 6.15. The molecule has 40 heavy (non-hydrogen) atoms. The van der Waals surface area contributed by atoms with Gasteiger partial charge in [-0.2, -0.15) is 0 Å². The molecule has 0 bridgehead atoms. The third-order valence-electron chi connectivity index (χ3n) is 5.95. The van der Waals surface area contributed by atoms with Crippen LogP contribution in [0.3, 0.4) is 0 Å². The minimum atomic E-state index is -0.680. The standard InChI is InChI=1S/C28H34FN7O3S/c1-4-36(5-2)15-9-14-35(3)28(38)33-24-18-26(31-19-30-24)39-23-13-12-21(17-22(23)29)32-27(40)34-25(37)16-20-10-7-6-8-11-20/h6-8,10-13,17-19H,4-5,9,14-16H2,1-3H3,(H,30,31,33,38)(H2,32,34,37,40). The molecule has 3 aromatic rings. The van der Waals surface area contributed by atoms with Crippen molar-refractivity contribution in [1.82, 2.24) is 25.1 Å². The SMILES string of the molecule is CCN(CC)CCCN(C)C(=O)Nc1cc(Oc2ccc(NC(=S)NC(=O)Cc3ccccc3)cc2F)ncn1. The zero-order valence-corrected chi connectivity index (χ0v) is 23.6. The number of benzene rings is 2. The van der Waals surface area contributed by atoms with Gasteiger partial charge in [-0.25, -0.2) is 19.2 Å². The summed E-state index contributed by atoms with van der Waals surface area (Å²) in [6, 6.07) is 14.5. The van der Waals surface area contributed by atoms with Crippen LogP contribution in [0.1, 0.15) is 25.8 Å². The summed E-state index contributed by atoms with van der Waals surface area (Å²) in [5.41, 5.74) is 1.18. The largest absolute Gasteiger partial charge is 0.436 e. The molecule has 3 N–H and O–H groups in total. The van der Waals surface area contributed by atoms with Crippen molar-refractivity contribution in [3.05, 3.63) is 72.3 Å². The molecule has 1 aromatic heterocycles. The Morgan fingerprint density at radius 2 is 1.75 bits per heavy atom. The highest BCUT2D eigenvalue weighted by atomic mass is 32.1. The number of halogens is 1. The molecule has 10 nitrogen and oxygen atoms in total. The van der Waals surface area contributed by atoms with Crippen LogP contribution in [0.25, 0.3) is 0 Å². The summed E-state index contributed by atoms with van der Waals surface area (Å²) < 4.78 is 20.3. The van der Waals surface area contributed by atoms with Crippen LogP contribution in [0.5, 0.6) is 11.6 Å². The van der Waals surface area contributed by atoms with Crippen molar-refractivity contribution in [3.8, 4) is 11.6 Å². The Morgan fingerprint density at radius 3 is 2.45 bits per heavy atom. The predicted molar refractivity (Wildman–Crippen MR) is 157 cm³/mol. The number of anilines is 2. The first kappa shape index (κ1) is 30.4. The monoisotopic (exact) mass is 567 g/mol. The van der Waals surface area contributed by atoms with Gasteiger partial charge in [-0.05, 0) is 56.0 Å². The second-order valence-corrected chi connectivity index (χ2v) is 9.29. The van der Waals surface area contributed by atoms with E-state index in [4.69, 9.17) is 17.0 Å². The molecule has 0 saturated heterocycles. The van der Waals surface area contributed by atoms with Gasteiger partial charge in [0.2, 0.25) is 11.8 Å². The topological polar surface area (TPSA) is 112 Å². The lowest BCUT2D eigenvalue weighted by atomic mass is 10.1. The lowest BCUT2D eigenvalue weighted by molar-refractivity contribution is -0.119. The van der Waals surface area contributed by atoms with Gasteiger partial charge < -0.3 is 25.2 Å². The molecule has 2 aromatic carbocycles. The van der Waals surface area contributed by atoms with Crippen LogP contribution in [0.4, 0.5) is 20.7 Å². The molecular formula is C28H34FN7O3S. The zero-order chi connectivity index (χ0) is 28.9. The van der Waals surface area contributed by atoms with Crippen molar-refractivity contribution in [3.63, 3.8) is 0 Å². The zero-order valence-electron chi connectivity index (χ0n) is 22.8. The van der Waals surface area contributed by atoms with E-state index in [9.17, 15) is 14.0 Å². The maximum atomic E-state index is 14.8. The first-order valence-corrected chi connectivity index (χ1v) is 13.4. The van der Waals surface area contributed by atoms with Crippen LogP contribution in [0.2, 0.25) is 0 Å². The molecule has 212 valence electrons. The van der Waals surface area contributed by atoms with Crippen molar-refractivity contribution in [2.45, 2.75) is 26.7 Å². The minimum absolute atomic E-state index is 0.0446. The molecule has 0 aliphatic rings. The quantitative estimate of drug-likeness (QED) is 0.271. The van der Waals surface area contributed by atoms with E-state index in [1.807, 2.05) is 30.3 Å². The predicted octanol–water partition coefficient (Wildman–Crippen LogP) is 4.66. The van der Waals surface area contributed by atoms with Crippen LogP contribution < -0.4 is 20.7 Å². The average Bonchev–Trinajstić information content (AvgIpc) is 2.93. The van der Waals surface area contributed by atoms with Crippen molar-refractivity contribution >= 4 is 40.8 Å². The van der Waals surface area contributed by atoms with Crippen molar-refractivity contribution in [2.24, 2.45) is 0 Å². The van der Waals surface area contributed by atoms with Gasteiger partial charge in [0.05, 0.1) is 6.42 Å². The summed E-state index contributed by atoms with van der Waals surface area (Å²) in [6.07, 6.45) is 2.23. The van der Waals surface area contributed by atoms with Gasteiger partial charge in [0.25, 0.3) is 0 Å². The maximum absolute atomic E-state index is 14.8. The number of ether oxygens (including phenoxy) is 1. The van der Waals surface area contributed by atoms with E-state index in [0.717, 1.165) is 31.6 Å². The maximum Gasteiger partial charge on any atom is 0.322 e. The van der Waals surface area contributed by atoms with Gasteiger partial charge in [-0.1, -0.05) is 44.2 Å². The van der Waals surface area contributed by atoms with Crippen LogP contribution in [0.15, 0.2) is 60.9 Å². The van der Waals surface area contributed by atoms with Crippen LogP contribution in [0, 0.1) is 5.82 Å². The summed E-state index contributed by atoms with van der Waals surface area (Å²) in [6.45, 7) is 7.65. The third kappa shape index (κ3) is 9.86. The number of nitrogens with zero attached hydrogens (tertiary/aromatic N) is 4. The van der Waals surface area contributed by atoms with Gasteiger partial charge in [0.1, 0.15) is 12.1 Å². The number of hydrogen-bond donors (Lipinski definition) is 3. The van der Waals surface area contributed by atoms with Crippen LogP contribution in [-0.4, -0.2) is 70.0 Å². The molecular weight excluding hydrogens is 533 g/mol. The van der Waals surface area contributed by atoms with E-state index in [1.165, 1.54) is 24.5 Å². The molecule has 3 rings (SSSR count). The first-order valence-electron chi connectivity index (χ1n) is 13.0. The Bertz CT molecular complexity index is 1290. The van der Waals surface area contributed by atoms with Gasteiger partial charge in [-0.15, -0.1) is 0 Å². The molecule has 0 unspecified atom stereocenters. The molecule has 0 spiro atoms. The van der Waals surface area contributed by atoms with Crippen molar-refractivity contribution in [2.75, 3.05) is 43.9 Å². The van der Waals surface area contributed by atoms with E-state index in [-0.39, 0.29) is 40.9 Å². The molecule has 0 saturated carbocycles. The van der Waals surface area contributed by atoms with Crippen LogP contribution in [-0.2, 0) is 11.2 Å². The number of hydrogen-bond acceptors (Lipinski definition) is 7. The summed E-state index contributed by atoms with van der Waals surface area (Å²) in [7, 11) is 1.71. The number of carbonyl (C=O) groups excluding carboxylic acids is 2. The fraction of sp³-hybridized carbons (Fsp3) is 0.321. The fourth-order valence-corrected chi connectivity index (χ4v) is 3.96. The fourth-order valence-electron chi connectivity index (χ4n) is 3.73. The summed E-state index contributed by atoms with van der Waals surface area (Å²) >= 11 is 5.17. The van der Waals surface area contributed by atoms with E-state index in [2.05, 4.69) is 44.7 Å². The number of thiocarbonyl (C=S) groups is 1. The number of carbonyl (C=O) groups is 2. The van der Waals surface area contributed by atoms with Crippen molar-refractivity contribution < 1.29 is 18.7 Å². The van der Waals surface area contributed by atoms with E-state index < -0.39 is 5.82 Å². The summed E-state index contributed by atoms with van der Waals surface area (Å²) in [5.74, 6) is -0.782. The number of rotatable bonds is 12. The summed E-state index contributed by atoms with van der Waals surface area (Å²) in [5, 5.41) is 8.10. The highest BCUT2D eigenvalue weighted by molar-refractivity contribution is 7.80. The average molecular weight is 568 g/mol. The molecule has 0 radical (unpaired) electrons. The molecule has 0 fully saturated rings. The van der Waals surface area contributed by atoms with E-state index in [1.54, 1.807) is 18.0 Å². The summed E-state index contributed by atoms with van der Waals surface area (Å²) in [4.78, 5) is 36.6. The Morgan fingerprint density at radius 1 is 1.00 bits per heavy atom. The Kier molecular flexibility index (Phi) is 11.7. The molecule has 0 atom stereocenters. The first-order chi connectivity index (χ1) is 19.3. The second-order valence-electron chi connectivity index (χ2n) is 8.89. The van der Waals surface area contributed by atoms with E-state index >= 15 is 0 Å². The molecule has 3 amide bonds. The number of amides is 3. The molecule has 0 aliphatic heterocycles. The Hall–Kier alpha value is -4.16. The van der Waals surface area contributed by atoms with Gasteiger partial charge in [-0.3, -0.25) is 10.1 Å². The molecule has 12 heteroatoms. The molecule has 1 heterocycles. The van der Waals surface area contributed by atoms with Crippen LogP contribution >= 0.6 is 12.2 Å². The van der Waals surface area contributed by atoms with Gasteiger partial charge >= 0.3 is 6.03 Å². The Labute approximate surface area is 238 Å². The number of urea groups is 1. The smallest absolute Gasteiger partial charge is 0.322 e. The Balaban J connectivity index is 1.51. The van der Waals surface area contributed by atoms with Gasteiger partial charge in [0, 0.05) is 31.4 Å². The van der Waals surface area contributed by atoms with Crippen molar-refractivity contribution in [1.29, 1.82) is 0 Å². The second kappa shape index (κ2) is 15.4. The highest BCUT2D eigenvalue weighted by Gasteiger charge is 2.13. The lowest BCUT2D eigenvalue weighted by Crippen LogP contribution is -2.35. The molecule has 0 aliphatic carbocycles. The minimum Gasteiger partial charge on any atom is -0.436 e. The number of nitrogens with one attached hydrogen (secondary N) is 3. The highest BCUT2D eigenvalue weighted by Crippen LogP contribution is 2.26. The normalized spacial score (nSPS) is 10.6. The lowest BCUT2D eigenvalue weighted by Gasteiger charge is -2.21. The van der Waals surface area contributed by atoms with Gasteiger partial charge in [0.15, 0.2) is 16.7 Å². The number of aromatic nitrogens is 2.